The van der Waals surface area contributed by atoms with Gasteiger partial charge in [-0.3, -0.25) is 4.79 Å². The van der Waals surface area contributed by atoms with Gasteiger partial charge in [-0.2, -0.15) is 0 Å². The highest BCUT2D eigenvalue weighted by atomic mass is 35.5. The van der Waals surface area contributed by atoms with E-state index in [1.54, 1.807) is 18.2 Å². The van der Waals surface area contributed by atoms with Crippen LogP contribution in [0.3, 0.4) is 0 Å². The molecule has 0 aliphatic rings. The Hall–Kier alpha value is -1.22. The zero-order chi connectivity index (χ0) is 11.4. The maximum Gasteiger partial charge on any atom is 0.227 e. The molecule has 3 nitrogen and oxygen atoms in total. The van der Waals surface area contributed by atoms with Gasteiger partial charge in [-0.15, -0.1) is 0 Å². The average Bonchev–Trinajstić information content (AvgIpc) is 2.22. The zero-order valence-electron chi connectivity index (χ0n) is 8.88. The van der Waals surface area contributed by atoms with Crippen LogP contribution in [0, 0.1) is 5.92 Å². The summed E-state index contributed by atoms with van der Waals surface area (Å²) in [6, 6.07) is 5.06. The third-order valence-corrected chi connectivity index (χ3v) is 2.67. The van der Waals surface area contributed by atoms with Crippen molar-refractivity contribution in [3.63, 3.8) is 0 Å². The Morgan fingerprint density at radius 1 is 1.60 bits per heavy atom. The predicted molar refractivity (Wildman–Crippen MR) is 63.9 cm³/mol. The molecule has 0 aromatic heterocycles. The Kier molecular flexibility index (Phi) is 3.97. The summed E-state index contributed by atoms with van der Waals surface area (Å²) in [4.78, 5) is 11.6. The van der Waals surface area contributed by atoms with Crippen LogP contribution in [0.4, 0.5) is 11.4 Å². The molecule has 0 spiro atoms. The number of amides is 1. The molecule has 15 heavy (non-hydrogen) atoms. The minimum absolute atomic E-state index is 0.000720. The zero-order valence-corrected chi connectivity index (χ0v) is 9.64. The van der Waals surface area contributed by atoms with Gasteiger partial charge in [0, 0.05) is 11.6 Å². The highest BCUT2D eigenvalue weighted by molar-refractivity contribution is 6.33. The van der Waals surface area contributed by atoms with Crippen molar-refractivity contribution in [1.82, 2.24) is 0 Å². The van der Waals surface area contributed by atoms with Gasteiger partial charge in [0.1, 0.15) is 0 Å². The summed E-state index contributed by atoms with van der Waals surface area (Å²) in [7, 11) is 0. The predicted octanol–water partition coefficient (Wildman–Crippen LogP) is 2.91. The lowest BCUT2D eigenvalue weighted by Crippen LogP contribution is -2.19. The van der Waals surface area contributed by atoms with E-state index >= 15 is 0 Å². The molecule has 0 aliphatic heterocycles. The van der Waals surface area contributed by atoms with Gasteiger partial charge in [-0.05, 0) is 24.6 Å². The molecular weight excluding hydrogens is 212 g/mol. The minimum atomic E-state index is -0.000720. The molecular formula is C11H15ClN2O. The first-order valence-electron chi connectivity index (χ1n) is 4.90. The first-order valence-corrected chi connectivity index (χ1v) is 5.28. The fraction of sp³-hybridized carbons (Fsp3) is 0.364. The van der Waals surface area contributed by atoms with E-state index in [0.29, 0.717) is 16.4 Å². The van der Waals surface area contributed by atoms with Crippen LogP contribution in [0.1, 0.15) is 20.3 Å². The highest BCUT2D eigenvalue weighted by Gasteiger charge is 2.10. The van der Waals surface area contributed by atoms with Gasteiger partial charge >= 0.3 is 0 Å². The number of nitrogen functional groups attached to an aromatic ring is 1. The SMILES string of the molecule is CC[C@@H](C)C(=O)Nc1ccc(Cl)c(N)c1. The average molecular weight is 227 g/mol. The monoisotopic (exact) mass is 226 g/mol. The maximum absolute atomic E-state index is 11.6. The standard InChI is InChI=1S/C11H15ClN2O/c1-3-7(2)11(15)14-8-4-5-9(12)10(13)6-8/h4-7H,3,13H2,1-2H3,(H,14,15)/t7-/m1/s1. The minimum Gasteiger partial charge on any atom is -0.397 e. The third-order valence-electron chi connectivity index (χ3n) is 2.32. The van der Waals surface area contributed by atoms with Crippen molar-refractivity contribution in [2.24, 2.45) is 5.92 Å². The summed E-state index contributed by atoms with van der Waals surface area (Å²) >= 11 is 5.77. The molecule has 1 aromatic carbocycles. The fourth-order valence-electron chi connectivity index (χ4n) is 1.07. The van der Waals surface area contributed by atoms with Crippen molar-refractivity contribution >= 4 is 28.9 Å². The second-order valence-electron chi connectivity index (χ2n) is 3.53. The molecule has 4 heteroatoms. The number of hydrogen-bond donors (Lipinski definition) is 2. The van der Waals surface area contributed by atoms with Gasteiger partial charge in [-0.1, -0.05) is 25.4 Å². The van der Waals surface area contributed by atoms with E-state index < -0.39 is 0 Å². The summed E-state index contributed by atoms with van der Waals surface area (Å²) in [6.45, 7) is 3.86. The normalized spacial score (nSPS) is 12.2. The van der Waals surface area contributed by atoms with Crippen molar-refractivity contribution in [3.8, 4) is 0 Å². The van der Waals surface area contributed by atoms with Crippen LogP contribution in [0.5, 0.6) is 0 Å². The number of benzene rings is 1. The lowest BCUT2D eigenvalue weighted by atomic mass is 10.1. The van der Waals surface area contributed by atoms with Gasteiger partial charge in [-0.25, -0.2) is 0 Å². The van der Waals surface area contributed by atoms with Crippen LogP contribution in [-0.2, 0) is 4.79 Å². The van der Waals surface area contributed by atoms with Crippen molar-refractivity contribution in [1.29, 1.82) is 0 Å². The van der Waals surface area contributed by atoms with E-state index in [0.717, 1.165) is 6.42 Å². The van der Waals surface area contributed by atoms with Crippen molar-refractivity contribution in [2.45, 2.75) is 20.3 Å². The van der Waals surface area contributed by atoms with Crippen LogP contribution >= 0.6 is 11.6 Å². The third kappa shape index (κ3) is 3.13. The van der Waals surface area contributed by atoms with Gasteiger partial charge in [0.05, 0.1) is 10.7 Å². The molecule has 1 rings (SSSR count). The van der Waals surface area contributed by atoms with Crippen molar-refractivity contribution < 1.29 is 4.79 Å². The Bertz CT molecular complexity index is 366. The van der Waals surface area contributed by atoms with E-state index in [-0.39, 0.29) is 11.8 Å². The number of hydrogen-bond acceptors (Lipinski definition) is 2. The molecule has 1 amide bonds. The Balaban J connectivity index is 2.73. The lowest BCUT2D eigenvalue weighted by Gasteiger charge is -2.10. The molecule has 0 heterocycles. The topological polar surface area (TPSA) is 55.1 Å². The van der Waals surface area contributed by atoms with E-state index in [1.165, 1.54) is 0 Å². The number of nitrogens with one attached hydrogen (secondary N) is 1. The van der Waals surface area contributed by atoms with Gasteiger partial charge < -0.3 is 11.1 Å². The van der Waals surface area contributed by atoms with Crippen LogP contribution in [0.2, 0.25) is 5.02 Å². The summed E-state index contributed by atoms with van der Waals surface area (Å²) in [5, 5.41) is 3.28. The molecule has 0 bridgehead atoms. The van der Waals surface area contributed by atoms with Gasteiger partial charge in [0.2, 0.25) is 5.91 Å². The van der Waals surface area contributed by atoms with Gasteiger partial charge in [0.25, 0.3) is 0 Å². The second kappa shape index (κ2) is 5.03. The van der Waals surface area contributed by atoms with Crippen LogP contribution in [0.25, 0.3) is 0 Å². The molecule has 82 valence electrons. The van der Waals surface area contributed by atoms with Gasteiger partial charge in [0.15, 0.2) is 0 Å². The molecule has 0 unspecified atom stereocenters. The number of carbonyl (C=O) groups is 1. The largest absolute Gasteiger partial charge is 0.397 e. The van der Waals surface area contributed by atoms with E-state index in [4.69, 9.17) is 17.3 Å². The van der Waals surface area contributed by atoms with E-state index in [9.17, 15) is 4.79 Å². The maximum atomic E-state index is 11.6. The number of halogens is 1. The van der Waals surface area contributed by atoms with E-state index in [2.05, 4.69) is 5.32 Å². The van der Waals surface area contributed by atoms with E-state index in [1.807, 2.05) is 13.8 Å². The highest BCUT2D eigenvalue weighted by Crippen LogP contribution is 2.22. The Labute approximate surface area is 94.6 Å². The Morgan fingerprint density at radius 3 is 2.80 bits per heavy atom. The summed E-state index contributed by atoms with van der Waals surface area (Å²) < 4.78 is 0. The van der Waals surface area contributed by atoms with Crippen molar-refractivity contribution in [2.75, 3.05) is 11.1 Å². The van der Waals surface area contributed by atoms with Crippen LogP contribution in [0.15, 0.2) is 18.2 Å². The molecule has 0 saturated carbocycles. The molecule has 0 fully saturated rings. The van der Waals surface area contributed by atoms with Crippen LogP contribution in [-0.4, -0.2) is 5.91 Å². The smallest absolute Gasteiger partial charge is 0.227 e. The Morgan fingerprint density at radius 2 is 2.27 bits per heavy atom. The molecule has 0 saturated heterocycles. The molecule has 0 radical (unpaired) electrons. The first-order chi connectivity index (χ1) is 7.04. The summed E-state index contributed by atoms with van der Waals surface area (Å²) in [5.74, 6) is 0.00104. The summed E-state index contributed by atoms with van der Waals surface area (Å²) in [5.41, 5.74) is 6.78. The van der Waals surface area contributed by atoms with Crippen LogP contribution < -0.4 is 11.1 Å². The first kappa shape index (κ1) is 11.9. The number of nitrogens with two attached hydrogens (primary N) is 1. The quantitative estimate of drug-likeness (QED) is 0.779. The molecule has 3 N–H and O–H groups in total. The fourth-order valence-corrected chi connectivity index (χ4v) is 1.19. The molecule has 1 atom stereocenters. The second-order valence-corrected chi connectivity index (χ2v) is 3.94. The number of carbonyl (C=O) groups excluding carboxylic acids is 1. The number of rotatable bonds is 3. The van der Waals surface area contributed by atoms with Crippen molar-refractivity contribution in [3.05, 3.63) is 23.2 Å². The number of anilines is 2. The summed E-state index contributed by atoms with van der Waals surface area (Å²) in [6.07, 6.45) is 0.814. The molecule has 1 aromatic rings. The lowest BCUT2D eigenvalue weighted by molar-refractivity contribution is -0.119. The molecule has 0 aliphatic carbocycles.